The van der Waals surface area contributed by atoms with Crippen LogP contribution in [0, 0.1) is 5.82 Å². The summed E-state index contributed by atoms with van der Waals surface area (Å²) in [6, 6.07) is 12.7. The van der Waals surface area contributed by atoms with Crippen molar-refractivity contribution in [3.63, 3.8) is 0 Å². The molecule has 1 fully saturated rings. The molecule has 0 aliphatic carbocycles. The second-order valence-electron chi connectivity index (χ2n) is 5.98. The number of carbonyl (C=O) groups excluding carboxylic acids is 2. The number of benzene rings is 2. The van der Waals surface area contributed by atoms with Gasteiger partial charge in [-0.2, -0.15) is 0 Å². The van der Waals surface area contributed by atoms with Gasteiger partial charge in [0.2, 0.25) is 5.91 Å². The SMILES string of the molecule is O=C(Cc1ccc(F)cc1)N1CCN(C(=O)c2ccc(Cl)cc2)CC1. The maximum atomic E-state index is 12.9. The van der Waals surface area contributed by atoms with Crippen LogP contribution in [-0.4, -0.2) is 47.8 Å². The second-order valence-corrected chi connectivity index (χ2v) is 6.42. The Morgan fingerprint density at radius 2 is 1.44 bits per heavy atom. The molecule has 0 unspecified atom stereocenters. The third-order valence-electron chi connectivity index (χ3n) is 4.28. The molecule has 2 aromatic carbocycles. The highest BCUT2D eigenvalue weighted by Gasteiger charge is 2.24. The van der Waals surface area contributed by atoms with Crippen LogP contribution in [0.3, 0.4) is 0 Å². The quantitative estimate of drug-likeness (QED) is 0.844. The van der Waals surface area contributed by atoms with Crippen molar-refractivity contribution in [1.82, 2.24) is 9.80 Å². The van der Waals surface area contributed by atoms with Gasteiger partial charge in [-0.25, -0.2) is 4.39 Å². The number of hydrogen-bond donors (Lipinski definition) is 0. The summed E-state index contributed by atoms with van der Waals surface area (Å²) in [7, 11) is 0. The molecule has 1 aliphatic rings. The zero-order valence-corrected chi connectivity index (χ0v) is 14.4. The van der Waals surface area contributed by atoms with E-state index < -0.39 is 0 Å². The first-order chi connectivity index (χ1) is 12.0. The van der Waals surface area contributed by atoms with E-state index in [1.165, 1.54) is 12.1 Å². The van der Waals surface area contributed by atoms with Crippen LogP contribution in [0.1, 0.15) is 15.9 Å². The molecule has 0 N–H and O–H groups in total. The first kappa shape index (κ1) is 17.4. The van der Waals surface area contributed by atoms with Crippen LogP contribution in [0.25, 0.3) is 0 Å². The summed E-state index contributed by atoms with van der Waals surface area (Å²) in [5.41, 5.74) is 1.38. The van der Waals surface area contributed by atoms with Crippen LogP contribution in [-0.2, 0) is 11.2 Å². The van der Waals surface area contributed by atoms with Gasteiger partial charge in [0.1, 0.15) is 5.82 Å². The fourth-order valence-electron chi connectivity index (χ4n) is 2.82. The molecule has 2 amide bonds. The molecule has 0 bridgehead atoms. The third kappa shape index (κ3) is 4.37. The van der Waals surface area contributed by atoms with Crippen LogP contribution in [0.5, 0.6) is 0 Å². The highest BCUT2D eigenvalue weighted by molar-refractivity contribution is 6.30. The summed E-state index contributed by atoms with van der Waals surface area (Å²) in [6.45, 7) is 1.99. The van der Waals surface area contributed by atoms with Gasteiger partial charge in [-0.05, 0) is 42.0 Å². The normalized spacial score (nSPS) is 14.5. The van der Waals surface area contributed by atoms with Gasteiger partial charge in [-0.1, -0.05) is 23.7 Å². The number of nitrogens with zero attached hydrogens (tertiary/aromatic N) is 2. The maximum Gasteiger partial charge on any atom is 0.253 e. The summed E-state index contributed by atoms with van der Waals surface area (Å²) < 4.78 is 12.9. The summed E-state index contributed by atoms with van der Waals surface area (Å²) in [5, 5.41) is 0.591. The lowest BCUT2D eigenvalue weighted by molar-refractivity contribution is -0.131. The van der Waals surface area contributed by atoms with Gasteiger partial charge in [0.05, 0.1) is 6.42 Å². The van der Waals surface area contributed by atoms with Gasteiger partial charge in [-0.15, -0.1) is 0 Å². The van der Waals surface area contributed by atoms with Crippen LogP contribution in [0.15, 0.2) is 48.5 Å². The molecule has 130 valence electrons. The average Bonchev–Trinajstić information content (AvgIpc) is 2.64. The number of rotatable bonds is 3. The smallest absolute Gasteiger partial charge is 0.253 e. The molecule has 1 saturated heterocycles. The predicted octanol–water partition coefficient (Wildman–Crippen LogP) is 3.01. The number of hydrogen-bond acceptors (Lipinski definition) is 2. The van der Waals surface area contributed by atoms with Crippen LogP contribution < -0.4 is 0 Å². The van der Waals surface area contributed by atoms with Crippen molar-refractivity contribution in [3.05, 3.63) is 70.5 Å². The molecule has 0 aromatic heterocycles. The van der Waals surface area contributed by atoms with E-state index in [2.05, 4.69) is 0 Å². The third-order valence-corrected chi connectivity index (χ3v) is 4.53. The van der Waals surface area contributed by atoms with Gasteiger partial charge in [-0.3, -0.25) is 9.59 Å². The fourth-order valence-corrected chi connectivity index (χ4v) is 2.95. The van der Waals surface area contributed by atoms with Gasteiger partial charge in [0.15, 0.2) is 0 Å². The molecular weight excluding hydrogens is 343 g/mol. The Morgan fingerprint density at radius 1 is 0.880 bits per heavy atom. The van der Waals surface area contributed by atoms with E-state index >= 15 is 0 Å². The zero-order chi connectivity index (χ0) is 17.8. The van der Waals surface area contributed by atoms with E-state index in [-0.39, 0.29) is 24.1 Å². The Hall–Kier alpha value is -2.40. The van der Waals surface area contributed by atoms with Crippen molar-refractivity contribution >= 4 is 23.4 Å². The number of carbonyl (C=O) groups is 2. The van der Waals surface area contributed by atoms with Gasteiger partial charge in [0.25, 0.3) is 5.91 Å². The van der Waals surface area contributed by atoms with E-state index in [0.29, 0.717) is 36.8 Å². The molecule has 25 heavy (non-hydrogen) atoms. The predicted molar refractivity (Wildman–Crippen MR) is 94.0 cm³/mol. The summed E-state index contributed by atoms with van der Waals surface area (Å²) in [5.74, 6) is -0.377. The molecule has 1 aliphatic heterocycles. The Morgan fingerprint density at radius 3 is 2.04 bits per heavy atom. The molecule has 0 atom stereocenters. The van der Waals surface area contributed by atoms with Gasteiger partial charge in [0, 0.05) is 36.8 Å². The molecule has 0 radical (unpaired) electrons. The highest BCUT2D eigenvalue weighted by atomic mass is 35.5. The largest absolute Gasteiger partial charge is 0.339 e. The van der Waals surface area contributed by atoms with Crippen molar-refractivity contribution in [3.8, 4) is 0 Å². The van der Waals surface area contributed by atoms with Gasteiger partial charge >= 0.3 is 0 Å². The summed E-state index contributed by atoms with van der Waals surface area (Å²) >= 11 is 5.84. The molecular formula is C19H18ClFN2O2. The van der Waals surface area contributed by atoms with E-state index in [1.54, 1.807) is 46.2 Å². The van der Waals surface area contributed by atoms with Crippen molar-refractivity contribution in [2.75, 3.05) is 26.2 Å². The van der Waals surface area contributed by atoms with Crippen molar-refractivity contribution in [2.24, 2.45) is 0 Å². The summed E-state index contributed by atoms with van der Waals surface area (Å²) in [6.07, 6.45) is 0.241. The topological polar surface area (TPSA) is 40.6 Å². The number of piperazine rings is 1. The minimum Gasteiger partial charge on any atom is -0.339 e. The Labute approximate surface area is 150 Å². The molecule has 3 rings (SSSR count). The second kappa shape index (κ2) is 7.66. The van der Waals surface area contributed by atoms with E-state index in [1.807, 2.05) is 0 Å². The zero-order valence-electron chi connectivity index (χ0n) is 13.6. The Bertz CT molecular complexity index is 754. The summed E-state index contributed by atoms with van der Waals surface area (Å²) in [4.78, 5) is 28.3. The Kier molecular flexibility index (Phi) is 5.34. The minimum absolute atomic E-state index is 0.00907. The van der Waals surface area contributed by atoms with Crippen LogP contribution >= 0.6 is 11.6 Å². The lowest BCUT2D eigenvalue weighted by Crippen LogP contribution is -2.51. The number of halogens is 2. The fraction of sp³-hybridized carbons (Fsp3) is 0.263. The average molecular weight is 361 g/mol. The first-order valence-electron chi connectivity index (χ1n) is 8.10. The molecule has 0 spiro atoms. The lowest BCUT2D eigenvalue weighted by Gasteiger charge is -2.35. The van der Waals surface area contributed by atoms with Crippen molar-refractivity contribution in [1.29, 1.82) is 0 Å². The minimum atomic E-state index is -0.314. The first-order valence-corrected chi connectivity index (χ1v) is 8.48. The standard InChI is InChI=1S/C19H18ClFN2O2/c20-16-5-3-15(4-6-16)19(25)23-11-9-22(10-12-23)18(24)13-14-1-7-17(21)8-2-14/h1-8H,9-13H2. The lowest BCUT2D eigenvalue weighted by atomic mass is 10.1. The van der Waals surface area contributed by atoms with Crippen molar-refractivity contribution < 1.29 is 14.0 Å². The van der Waals surface area contributed by atoms with Crippen LogP contribution in [0.2, 0.25) is 5.02 Å². The molecule has 2 aromatic rings. The number of amides is 2. The molecule has 1 heterocycles. The van der Waals surface area contributed by atoms with E-state index in [4.69, 9.17) is 11.6 Å². The van der Waals surface area contributed by atoms with E-state index in [0.717, 1.165) is 5.56 Å². The monoisotopic (exact) mass is 360 g/mol. The van der Waals surface area contributed by atoms with E-state index in [9.17, 15) is 14.0 Å². The van der Waals surface area contributed by atoms with Gasteiger partial charge < -0.3 is 9.80 Å². The maximum absolute atomic E-state index is 12.9. The Balaban J connectivity index is 1.54. The molecule has 4 nitrogen and oxygen atoms in total. The van der Waals surface area contributed by atoms with Crippen LogP contribution in [0.4, 0.5) is 4.39 Å². The highest BCUT2D eigenvalue weighted by Crippen LogP contribution is 2.14. The molecule has 0 saturated carbocycles. The van der Waals surface area contributed by atoms with Crippen molar-refractivity contribution in [2.45, 2.75) is 6.42 Å². The molecule has 6 heteroatoms.